The number of rotatable bonds is 2. The van der Waals surface area contributed by atoms with Crippen molar-refractivity contribution in [2.75, 3.05) is 31.1 Å². The van der Waals surface area contributed by atoms with Gasteiger partial charge < -0.3 is 9.80 Å². The van der Waals surface area contributed by atoms with E-state index < -0.39 is 5.82 Å². The van der Waals surface area contributed by atoms with Crippen LogP contribution in [0.4, 0.5) is 10.1 Å². The predicted molar refractivity (Wildman–Crippen MR) is 82.7 cm³/mol. The molecule has 1 amide bonds. The zero-order valence-electron chi connectivity index (χ0n) is 12.2. The molecule has 5 nitrogen and oxygen atoms in total. The number of hydrogen-bond acceptors (Lipinski definition) is 3. The lowest BCUT2D eigenvalue weighted by molar-refractivity contribution is 0.0742. The largest absolute Gasteiger partial charge is 0.365 e. The molecule has 1 aliphatic rings. The number of nitrogens with zero attached hydrogens (tertiary/aromatic N) is 4. The molecule has 0 N–H and O–H groups in total. The van der Waals surface area contributed by atoms with E-state index in [9.17, 15) is 9.18 Å². The van der Waals surface area contributed by atoms with E-state index >= 15 is 0 Å². The zero-order chi connectivity index (χ0) is 15.7. The molecule has 1 aromatic carbocycles. The first-order valence-electron chi connectivity index (χ1n) is 7.03. The standard InChI is InChI=1S/C15H16ClFN4O/c1-19-10-11(9-18-19)20-5-7-21(8-6-20)15(22)14-12(16)3-2-4-13(14)17/h2-4,9-10H,5-8H2,1H3. The second-order valence-electron chi connectivity index (χ2n) is 5.25. The Morgan fingerprint density at radius 3 is 2.59 bits per heavy atom. The van der Waals surface area contributed by atoms with Crippen molar-refractivity contribution in [3.63, 3.8) is 0 Å². The average Bonchev–Trinajstić information content (AvgIpc) is 2.94. The molecule has 2 heterocycles. The monoisotopic (exact) mass is 322 g/mol. The van der Waals surface area contributed by atoms with E-state index in [1.807, 2.05) is 13.2 Å². The highest BCUT2D eigenvalue weighted by molar-refractivity contribution is 6.33. The van der Waals surface area contributed by atoms with Crippen molar-refractivity contribution in [3.8, 4) is 0 Å². The Balaban J connectivity index is 1.70. The topological polar surface area (TPSA) is 41.4 Å². The van der Waals surface area contributed by atoms with Crippen LogP contribution in [0.1, 0.15) is 10.4 Å². The van der Waals surface area contributed by atoms with Crippen LogP contribution in [-0.2, 0) is 7.05 Å². The van der Waals surface area contributed by atoms with Gasteiger partial charge in [0.25, 0.3) is 5.91 Å². The smallest absolute Gasteiger partial charge is 0.258 e. The number of piperazine rings is 1. The van der Waals surface area contributed by atoms with Gasteiger partial charge >= 0.3 is 0 Å². The van der Waals surface area contributed by atoms with Gasteiger partial charge in [0.15, 0.2) is 0 Å². The minimum absolute atomic E-state index is 0.0426. The van der Waals surface area contributed by atoms with Crippen LogP contribution in [0.2, 0.25) is 5.02 Å². The summed E-state index contributed by atoms with van der Waals surface area (Å²) in [5.41, 5.74) is 0.984. The van der Waals surface area contributed by atoms with Gasteiger partial charge in [-0.25, -0.2) is 4.39 Å². The maximum atomic E-state index is 13.8. The van der Waals surface area contributed by atoms with E-state index in [0.717, 1.165) is 5.69 Å². The number of hydrogen-bond donors (Lipinski definition) is 0. The second kappa shape index (κ2) is 5.96. The number of carbonyl (C=O) groups excluding carboxylic acids is 1. The summed E-state index contributed by atoms with van der Waals surface area (Å²) in [5, 5.41) is 4.30. The molecule has 1 fully saturated rings. The van der Waals surface area contributed by atoms with Gasteiger partial charge in [0.2, 0.25) is 0 Å². The highest BCUT2D eigenvalue weighted by Crippen LogP contribution is 2.22. The molecule has 0 atom stereocenters. The summed E-state index contributed by atoms with van der Waals surface area (Å²) in [5.74, 6) is -0.930. The molecule has 1 saturated heterocycles. The summed E-state index contributed by atoms with van der Waals surface area (Å²) >= 11 is 5.96. The molecule has 0 unspecified atom stereocenters. The average molecular weight is 323 g/mol. The first-order valence-corrected chi connectivity index (χ1v) is 7.41. The van der Waals surface area contributed by atoms with Crippen molar-refractivity contribution >= 4 is 23.2 Å². The van der Waals surface area contributed by atoms with Crippen LogP contribution in [0.5, 0.6) is 0 Å². The molecule has 0 aliphatic carbocycles. The lowest BCUT2D eigenvalue weighted by Gasteiger charge is -2.35. The molecule has 1 aromatic heterocycles. The summed E-state index contributed by atoms with van der Waals surface area (Å²) in [6, 6.07) is 4.28. The van der Waals surface area contributed by atoms with Crippen molar-refractivity contribution in [2.45, 2.75) is 0 Å². The van der Waals surface area contributed by atoms with E-state index in [4.69, 9.17) is 11.6 Å². The molecule has 0 spiro atoms. The van der Waals surface area contributed by atoms with Gasteiger partial charge in [-0.2, -0.15) is 5.10 Å². The van der Waals surface area contributed by atoms with E-state index in [-0.39, 0.29) is 16.5 Å². The van der Waals surface area contributed by atoms with E-state index in [0.29, 0.717) is 26.2 Å². The number of halogens is 2. The molecule has 2 aromatic rings. The lowest BCUT2D eigenvalue weighted by Crippen LogP contribution is -2.49. The van der Waals surface area contributed by atoms with Gasteiger partial charge in [-0.1, -0.05) is 17.7 Å². The minimum atomic E-state index is -0.577. The van der Waals surface area contributed by atoms with Crippen LogP contribution in [0.15, 0.2) is 30.6 Å². The van der Waals surface area contributed by atoms with Crippen LogP contribution in [0, 0.1) is 5.82 Å². The SMILES string of the molecule is Cn1cc(N2CCN(C(=O)c3c(F)cccc3Cl)CC2)cn1. The third-order valence-corrected chi connectivity index (χ3v) is 4.11. The van der Waals surface area contributed by atoms with Crippen molar-refractivity contribution in [1.29, 1.82) is 0 Å². The second-order valence-corrected chi connectivity index (χ2v) is 5.66. The van der Waals surface area contributed by atoms with Gasteiger partial charge in [-0.3, -0.25) is 9.48 Å². The first-order chi connectivity index (χ1) is 10.6. The molecule has 116 valence electrons. The summed E-state index contributed by atoms with van der Waals surface area (Å²) in [6.45, 7) is 2.42. The van der Waals surface area contributed by atoms with Crippen LogP contribution < -0.4 is 4.90 Å². The molecule has 0 saturated carbocycles. The Hall–Kier alpha value is -2.08. The third kappa shape index (κ3) is 2.78. The quantitative estimate of drug-likeness (QED) is 0.851. The zero-order valence-corrected chi connectivity index (χ0v) is 12.9. The van der Waals surface area contributed by atoms with Crippen molar-refractivity contribution in [2.24, 2.45) is 7.05 Å². The Labute approximate surface area is 132 Å². The molecular formula is C15H16ClFN4O. The van der Waals surface area contributed by atoms with Crippen LogP contribution in [0.3, 0.4) is 0 Å². The fourth-order valence-corrected chi connectivity index (χ4v) is 2.84. The van der Waals surface area contributed by atoms with Gasteiger partial charge in [0, 0.05) is 39.4 Å². The fraction of sp³-hybridized carbons (Fsp3) is 0.333. The first kappa shape index (κ1) is 14.8. The summed E-state index contributed by atoms with van der Waals surface area (Å²) in [4.78, 5) is 16.2. The number of aromatic nitrogens is 2. The normalized spacial score (nSPS) is 15.2. The van der Waals surface area contributed by atoms with Gasteiger partial charge in [-0.05, 0) is 12.1 Å². The van der Waals surface area contributed by atoms with Gasteiger partial charge in [0.1, 0.15) is 5.82 Å². The highest BCUT2D eigenvalue weighted by Gasteiger charge is 2.26. The summed E-state index contributed by atoms with van der Waals surface area (Å²) in [7, 11) is 1.86. The van der Waals surface area contributed by atoms with Gasteiger partial charge in [0.05, 0.1) is 22.5 Å². The van der Waals surface area contributed by atoms with E-state index in [2.05, 4.69) is 10.00 Å². The summed E-state index contributed by atoms with van der Waals surface area (Å²) < 4.78 is 15.6. The number of amides is 1. The maximum absolute atomic E-state index is 13.8. The third-order valence-electron chi connectivity index (χ3n) is 3.80. The van der Waals surface area contributed by atoms with E-state index in [1.54, 1.807) is 15.8 Å². The van der Waals surface area contributed by atoms with Crippen LogP contribution >= 0.6 is 11.6 Å². The Bertz CT molecular complexity index is 674. The Kier molecular flexibility index (Phi) is 4.02. The minimum Gasteiger partial charge on any atom is -0.365 e. The maximum Gasteiger partial charge on any atom is 0.258 e. The number of aryl methyl sites for hydroxylation is 1. The van der Waals surface area contributed by atoms with Crippen molar-refractivity contribution < 1.29 is 9.18 Å². The van der Waals surface area contributed by atoms with Crippen LogP contribution in [-0.4, -0.2) is 46.8 Å². The summed E-state index contributed by atoms with van der Waals surface area (Å²) in [6.07, 6.45) is 3.73. The molecular weight excluding hydrogens is 307 g/mol. The van der Waals surface area contributed by atoms with Crippen molar-refractivity contribution in [1.82, 2.24) is 14.7 Å². The number of carbonyl (C=O) groups is 1. The Morgan fingerprint density at radius 2 is 2.00 bits per heavy atom. The predicted octanol–water partition coefficient (Wildman–Crippen LogP) is 2.17. The van der Waals surface area contributed by atoms with E-state index in [1.165, 1.54) is 18.2 Å². The lowest BCUT2D eigenvalue weighted by atomic mass is 10.1. The molecule has 0 radical (unpaired) electrons. The van der Waals surface area contributed by atoms with Crippen molar-refractivity contribution in [3.05, 3.63) is 47.0 Å². The Morgan fingerprint density at radius 1 is 1.27 bits per heavy atom. The molecule has 0 bridgehead atoms. The molecule has 22 heavy (non-hydrogen) atoms. The number of anilines is 1. The highest BCUT2D eigenvalue weighted by atomic mass is 35.5. The molecule has 7 heteroatoms. The van der Waals surface area contributed by atoms with Gasteiger partial charge in [-0.15, -0.1) is 0 Å². The fourth-order valence-electron chi connectivity index (χ4n) is 2.60. The molecule has 3 rings (SSSR count). The molecule has 1 aliphatic heterocycles. The van der Waals surface area contributed by atoms with Crippen LogP contribution in [0.25, 0.3) is 0 Å². The number of benzene rings is 1.